The normalized spacial score (nSPS) is 14.9. The molecule has 8 nitrogen and oxygen atoms in total. The summed E-state index contributed by atoms with van der Waals surface area (Å²) >= 11 is 0. The SMILES string of the molecule is COc1ccc2c(C)c(CC(=O)N3CCC(C(=O)[O-])CC3)c(=O)oc2c1OC. The fourth-order valence-electron chi connectivity index (χ4n) is 3.60. The van der Waals surface area contributed by atoms with Crippen LogP contribution in [0.1, 0.15) is 24.0 Å². The van der Waals surface area contributed by atoms with E-state index < -0.39 is 17.5 Å². The predicted molar refractivity (Wildman–Crippen MR) is 98.3 cm³/mol. The molecule has 1 aliphatic heterocycles. The first-order valence-corrected chi connectivity index (χ1v) is 9.03. The van der Waals surface area contributed by atoms with Crippen molar-refractivity contribution in [3.63, 3.8) is 0 Å². The van der Waals surface area contributed by atoms with Crippen LogP contribution in [0.5, 0.6) is 11.5 Å². The Balaban J connectivity index is 1.89. The number of amides is 1. The molecule has 1 saturated heterocycles. The fraction of sp³-hybridized carbons (Fsp3) is 0.450. The second-order valence-electron chi connectivity index (χ2n) is 6.82. The average molecular weight is 388 g/mol. The van der Waals surface area contributed by atoms with Gasteiger partial charge in [0, 0.05) is 30.4 Å². The fourth-order valence-corrected chi connectivity index (χ4v) is 3.60. The first kappa shape index (κ1) is 19.7. The van der Waals surface area contributed by atoms with Crippen molar-refractivity contribution in [1.29, 1.82) is 0 Å². The zero-order valence-electron chi connectivity index (χ0n) is 16.1. The molecule has 150 valence electrons. The number of aliphatic carboxylic acids is 1. The lowest BCUT2D eigenvalue weighted by Gasteiger charge is -2.32. The number of likely N-dealkylation sites (tertiary alicyclic amines) is 1. The molecule has 3 rings (SSSR count). The lowest BCUT2D eigenvalue weighted by molar-refractivity contribution is -0.312. The van der Waals surface area contributed by atoms with Gasteiger partial charge in [0.15, 0.2) is 11.3 Å². The number of benzene rings is 1. The van der Waals surface area contributed by atoms with Crippen molar-refractivity contribution < 1.29 is 28.6 Å². The highest BCUT2D eigenvalue weighted by Gasteiger charge is 2.26. The van der Waals surface area contributed by atoms with Crippen molar-refractivity contribution in [3.8, 4) is 11.5 Å². The van der Waals surface area contributed by atoms with Gasteiger partial charge in [-0.25, -0.2) is 4.79 Å². The molecule has 0 unspecified atom stereocenters. The minimum atomic E-state index is -1.08. The molecule has 1 amide bonds. The number of ether oxygens (including phenoxy) is 2. The third kappa shape index (κ3) is 3.54. The van der Waals surface area contributed by atoms with E-state index >= 15 is 0 Å². The van der Waals surface area contributed by atoms with Crippen LogP contribution in [-0.2, 0) is 16.0 Å². The summed E-state index contributed by atoms with van der Waals surface area (Å²) < 4.78 is 16.0. The zero-order chi connectivity index (χ0) is 20.4. The molecule has 0 bridgehead atoms. The lowest BCUT2D eigenvalue weighted by atomic mass is 9.96. The van der Waals surface area contributed by atoms with Crippen LogP contribution in [0.25, 0.3) is 11.0 Å². The molecule has 0 N–H and O–H groups in total. The highest BCUT2D eigenvalue weighted by molar-refractivity contribution is 5.90. The zero-order valence-corrected chi connectivity index (χ0v) is 16.1. The number of methoxy groups -OCH3 is 2. The monoisotopic (exact) mass is 388 g/mol. The summed E-state index contributed by atoms with van der Waals surface area (Å²) in [5, 5.41) is 11.6. The van der Waals surface area contributed by atoms with Crippen molar-refractivity contribution in [2.24, 2.45) is 5.92 Å². The first-order chi connectivity index (χ1) is 13.4. The molecule has 1 fully saturated rings. The van der Waals surface area contributed by atoms with E-state index in [4.69, 9.17) is 13.9 Å². The van der Waals surface area contributed by atoms with E-state index in [1.54, 1.807) is 24.0 Å². The van der Waals surface area contributed by atoms with E-state index in [0.717, 1.165) is 0 Å². The summed E-state index contributed by atoms with van der Waals surface area (Å²) in [5.41, 5.74) is 0.599. The van der Waals surface area contributed by atoms with Crippen LogP contribution in [0.15, 0.2) is 21.3 Å². The molecule has 1 aliphatic rings. The number of aryl methyl sites for hydroxylation is 1. The molecule has 0 aliphatic carbocycles. The smallest absolute Gasteiger partial charge is 0.340 e. The van der Waals surface area contributed by atoms with Crippen LogP contribution < -0.4 is 20.2 Å². The number of nitrogens with zero attached hydrogens (tertiary/aromatic N) is 1. The summed E-state index contributed by atoms with van der Waals surface area (Å²) in [7, 11) is 2.95. The van der Waals surface area contributed by atoms with Crippen LogP contribution in [0.3, 0.4) is 0 Å². The number of hydrogen-bond acceptors (Lipinski definition) is 7. The Kier molecular flexibility index (Phi) is 5.58. The number of hydrogen-bond donors (Lipinski definition) is 0. The third-order valence-electron chi connectivity index (χ3n) is 5.31. The summed E-state index contributed by atoms with van der Waals surface area (Å²) in [4.78, 5) is 37.7. The van der Waals surface area contributed by atoms with Gasteiger partial charge < -0.3 is 28.7 Å². The number of carboxylic acid groups (broad SMARTS) is 1. The highest BCUT2D eigenvalue weighted by Crippen LogP contribution is 2.36. The number of rotatable bonds is 5. The van der Waals surface area contributed by atoms with Gasteiger partial charge in [-0.05, 0) is 37.5 Å². The van der Waals surface area contributed by atoms with Crippen LogP contribution in [0.2, 0.25) is 0 Å². The summed E-state index contributed by atoms with van der Waals surface area (Å²) in [5.74, 6) is -1.08. The van der Waals surface area contributed by atoms with Crippen molar-refractivity contribution >= 4 is 22.8 Å². The van der Waals surface area contributed by atoms with Gasteiger partial charge in [-0.1, -0.05) is 0 Å². The largest absolute Gasteiger partial charge is 0.550 e. The standard InChI is InChI=1S/C20H23NO7/c1-11-13-4-5-15(26-2)18(27-3)17(13)28-20(25)14(11)10-16(22)21-8-6-12(7-9-21)19(23)24/h4-5,12H,6-10H2,1-3H3,(H,23,24)/p-1. The van der Waals surface area contributed by atoms with E-state index in [0.29, 0.717) is 48.4 Å². The maximum absolute atomic E-state index is 12.6. The summed E-state index contributed by atoms with van der Waals surface area (Å²) in [6.45, 7) is 2.43. The van der Waals surface area contributed by atoms with E-state index in [-0.39, 0.29) is 23.5 Å². The van der Waals surface area contributed by atoms with Crippen molar-refractivity contribution in [2.45, 2.75) is 26.2 Å². The highest BCUT2D eigenvalue weighted by atomic mass is 16.5. The Morgan fingerprint density at radius 1 is 1.21 bits per heavy atom. The molecule has 8 heteroatoms. The van der Waals surface area contributed by atoms with Crippen molar-refractivity contribution in [3.05, 3.63) is 33.7 Å². The quantitative estimate of drug-likeness (QED) is 0.692. The van der Waals surface area contributed by atoms with Crippen molar-refractivity contribution in [2.75, 3.05) is 27.3 Å². The molecule has 0 saturated carbocycles. The molecular formula is C20H22NO7-. The Morgan fingerprint density at radius 2 is 1.89 bits per heavy atom. The molecule has 0 spiro atoms. The molecule has 2 aromatic rings. The van der Waals surface area contributed by atoms with Gasteiger partial charge in [-0.15, -0.1) is 0 Å². The molecule has 1 aromatic heterocycles. The second kappa shape index (κ2) is 7.92. The van der Waals surface area contributed by atoms with Gasteiger partial charge in [-0.2, -0.15) is 0 Å². The molecular weight excluding hydrogens is 366 g/mol. The Hall–Kier alpha value is -3.03. The maximum atomic E-state index is 12.6. The van der Waals surface area contributed by atoms with Gasteiger partial charge in [0.2, 0.25) is 11.7 Å². The summed E-state index contributed by atoms with van der Waals surface area (Å²) in [6, 6.07) is 3.47. The van der Waals surface area contributed by atoms with Crippen LogP contribution >= 0.6 is 0 Å². The molecule has 28 heavy (non-hydrogen) atoms. The molecule has 0 atom stereocenters. The van der Waals surface area contributed by atoms with E-state index in [1.165, 1.54) is 14.2 Å². The van der Waals surface area contributed by atoms with Gasteiger partial charge in [0.05, 0.1) is 26.2 Å². The van der Waals surface area contributed by atoms with Gasteiger partial charge in [-0.3, -0.25) is 4.79 Å². The maximum Gasteiger partial charge on any atom is 0.340 e. The Bertz CT molecular complexity index is 971. The summed E-state index contributed by atoms with van der Waals surface area (Å²) in [6.07, 6.45) is 0.612. The van der Waals surface area contributed by atoms with Crippen molar-refractivity contribution in [1.82, 2.24) is 4.90 Å². The van der Waals surface area contributed by atoms with Gasteiger partial charge in [0.1, 0.15) is 0 Å². The lowest BCUT2D eigenvalue weighted by Crippen LogP contribution is -2.44. The van der Waals surface area contributed by atoms with E-state index in [2.05, 4.69) is 0 Å². The van der Waals surface area contributed by atoms with E-state index in [9.17, 15) is 19.5 Å². The molecule has 1 aromatic carbocycles. The minimum Gasteiger partial charge on any atom is -0.550 e. The van der Waals surface area contributed by atoms with Crippen LogP contribution in [-0.4, -0.2) is 44.1 Å². The predicted octanol–water partition coefficient (Wildman–Crippen LogP) is 0.650. The topological polar surface area (TPSA) is 109 Å². The van der Waals surface area contributed by atoms with Gasteiger partial charge in [0.25, 0.3) is 0 Å². The number of fused-ring (bicyclic) bond motifs is 1. The van der Waals surface area contributed by atoms with Crippen LogP contribution in [0.4, 0.5) is 0 Å². The second-order valence-corrected chi connectivity index (χ2v) is 6.82. The Morgan fingerprint density at radius 3 is 2.46 bits per heavy atom. The third-order valence-corrected chi connectivity index (χ3v) is 5.31. The number of piperidine rings is 1. The van der Waals surface area contributed by atoms with Crippen LogP contribution in [0, 0.1) is 12.8 Å². The Labute approximate surface area is 161 Å². The first-order valence-electron chi connectivity index (χ1n) is 9.03. The number of carbonyl (C=O) groups excluding carboxylic acids is 2. The average Bonchev–Trinajstić information content (AvgIpc) is 2.70. The van der Waals surface area contributed by atoms with Gasteiger partial charge >= 0.3 is 5.63 Å². The van der Waals surface area contributed by atoms with E-state index in [1.807, 2.05) is 0 Å². The number of carboxylic acids is 1. The molecule has 0 radical (unpaired) electrons. The number of carbonyl (C=O) groups is 2. The molecule has 2 heterocycles. The minimum absolute atomic E-state index is 0.103.